The molecule has 0 fully saturated rings. The molecule has 0 atom stereocenters. The van der Waals surface area contributed by atoms with E-state index in [1.165, 1.54) is 30.9 Å². The first-order valence-electron chi connectivity index (χ1n) is 10.2. The van der Waals surface area contributed by atoms with E-state index in [0.717, 1.165) is 0 Å². The van der Waals surface area contributed by atoms with Gasteiger partial charge in [0.15, 0.2) is 11.5 Å². The molecular weight excluding hydrogens is 460 g/mol. The van der Waals surface area contributed by atoms with Crippen LogP contribution in [0.15, 0.2) is 71.7 Å². The topological polar surface area (TPSA) is 103 Å². The van der Waals surface area contributed by atoms with Gasteiger partial charge in [0.05, 0.1) is 30.6 Å². The summed E-state index contributed by atoms with van der Waals surface area (Å²) in [6.07, 6.45) is 1.51. The molecule has 0 aliphatic heterocycles. The molecule has 0 saturated carbocycles. The van der Waals surface area contributed by atoms with Gasteiger partial charge in [-0.1, -0.05) is 23.7 Å². The van der Waals surface area contributed by atoms with Crippen LogP contribution in [0.5, 0.6) is 17.2 Å². The largest absolute Gasteiger partial charge is 0.493 e. The van der Waals surface area contributed by atoms with Crippen molar-refractivity contribution in [2.45, 2.75) is 6.61 Å². The summed E-state index contributed by atoms with van der Waals surface area (Å²) in [6.45, 7) is 0.0321. The Labute approximate surface area is 199 Å². The lowest BCUT2D eigenvalue weighted by molar-refractivity contribution is 0.261. The third-order valence-electron chi connectivity index (χ3n) is 4.83. The van der Waals surface area contributed by atoms with Crippen molar-refractivity contribution in [3.05, 3.63) is 87.9 Å². The first-order valence-corrected chi connectivity index (χ1v) is 10.5. The molecule has 2 N–H and O–H groups in total. The summed E-state index contributed by atoms with van der Waals surface area (Å²) < 4.78 is 17.7. The average molecular weight is 481 g/mol. The number of hydrogen-bond acceptors (Lipinski definition) is 6. The Hall–Kier alpha value is -4.24. The summed E-state index contributed by atoms with van der Waals surface area (Å²) in [4.78, 5) is 29.4. The summed E-state index contributed by atoms with van der Waals surface area (Å²) in [7, 11) is 3.05. The zero-order chi connectivity index (χ0) is 24.1. The lowest BCUT2D eigenvalue weighted by Crippen LogP contribution is -2.20. The number of nitrogens with one attached hydrogen (secondary N) is 2. The number of fused-ring (bicyclic) bond motifs is 1. The summed E-state index contributed by atoms with van der Waals surface area (Å²) in [6, 6.07) is 16.2. The summed E-state index contributed by atoms with van der Waals surface area (Å²) >= 11 is 5.95. The van der Waals surface area contributed by atoms with Gasteiger partial charge in [-0.15, -0.1) is 0 Å². The average Bonchev–Trinajstić information content (AvgIpc) is 2.84. The van der Waals surface area contributed by atoms with Crippen LogP contribution in [0.3, 0.4) is 0 Å². The lowest BCUT2D eigenvalue weighted by Gasteiger charge is -2.14. The number of hydrogen-bond donors (Lipinski definition) is 2. The molecular formula is C24H21ClN4O5. The summed E-state index contributed by atoms with van der Waals surface area (Å²) in [5.74, 6) is 1.46. The van der Waals surface area contributed by atoms with Crippen LogP contribution in [-0.4, -0.2) is 29.6 Å². The van der Waals surface area contributed by atoms with E-state index in [9.17, 15) is 9.59 Å². The van der Waals surface area contributed by atoms with E-state index < -0.39 is 6.03 Å². The second-order valence-electron chi connectivity index (χ2n) is 7.09. The number of para-hydroxylation sites is 2. The fraction of sp³-hybridized carbons (Fsp3) is 0.125. The summed E-state index contributed by atoms with van der Waals surface area (Å²) in [5.41, 5.74) is 1.60. The highest BCUT2D eigenvalue weighted by atomic mass is 35.5. The van der Waals surface area contributed by atoms with Crippen LogP contribution < -0.4 is 30.4 Å². The molecule has 0 aliphatic rings. The molecule has 2 amide bonds. The smallest absolute Gasteiger partial charge is 0.323 e. The number of methoxy groups -OCH3 is 2. The number of halogens is 1. The number of carbonyl (C=O) groups excluding carboxylic acids is 1. The molecule has 0 aliphatic carbocycles. The number of aromatic nitrogens is 2. The molecule has 9 nitrogen and oxygen atoms in total. The minimum absolute atomic E-state index is 0.0321. The minimum atomic E-state index is -0.470. The standard InChI is InChI=1S/C24H21ClN4O5/c1-32-20-9-8-16(11-21(20)33-2)27-24(31)28-18-5-3-4-6-19(18)34-14-17-12-23(30)29-13-15(25)7-10-22(29)26-17/h3-13H,14H2,1-2H3,(H2,27,28,31). The van der Waals surface area contributed by atoms with Crippen LogP contribution in [0, 0.1) is 0 Å². The van der Waals surface area contributed by atoms with Gasteiger partial charge in [0.2, 0.25) is 0 Å². The van der Waals surface area contributed by atoms with Crippen molar-refractivity contribution in [3.8, 4) is 17.2 Å². The number of benzene rings is 2. The maximum Gasteiger partial charge on any atom is 0.323 e. The SMILES string of the molecule is COc1ccc(NC(=O)Nc2ccccc2OCc2cc(=O)n3cc(Cl)ccc3n2)cc1OC. The van der Waals surface area contributed by atoms with Crippen molar-refractivity contribution in [3.63, 3.8) is 0 Å². The Morgan fingerprint density at radius 2 is 1.76 bits per heavy atom. The van der Waals surface area contributed by atoms with Crippen LogP contribution in [0.1, 0.15) is 5.69 Å². The first-order chi connectivity index (χ1) is 16.5. The zero-order valence-corrected chi connectivity index (χ0v) is 19.1. The van der Waals surface area contributed by atoms with Crippen LogP contribution in [-0.2, 0) is 6.61 Å². The van der Waals surface area contributed by atoms with E-state index >= 15 is 0 Å². The molecule has 4 rings (SSSR count). The molecule has 0 saturated heterocycles. The zero-order valence-electron chi connectivity index (χ0n) is 18.4. The molecule has 0 bridgehead atoms. The number of ether oxygens (including phenoxy) is 3. The van der Waals surface area contributed by atoms with Gasteiger partial charge in [0.25, 0.3) is 5.56 Å². The molecule has 2 aromatic carbocycles. The highest BCUT2D eigenvalue weighted by molar-refractivity contribution is 6.30. The predicted molar refractivity (Wildman–Crippen MR) is 129 cm³/mol. The van der Waals surface area contributed by atoms with Gasteiger partial charge in [-0.25, -0.2) is 9.78 Å². The lowest BCUT2D eigenvalue weighted by atomic mass is 10.2. The Bertz CT molecular complexity index is 1410. The Morgan fingerprint density at radius 1 is 0.971 bits per heavy atom. The van der Waals surface area contributed by atoms with Crippen LogP contribution in [0.4, 0.5) is 16.2 Å². The van der Waals surface area contributed by atoms with E-state index in [1.807, 2.05) is 0 Å². The third-order valence-corrected chi connectivity index (χ3v) is 5.05. The minimum Gasteiger partial charge on any atom is -0.493 e. The van der Waals surface area contributed by atoms with Crippen molar-refractivity contribution in [2.75, 3.05) is 24.9 Å². The van der Waals surface area contributed by atoms with Crippen molar-refractivity contribution in [1.29, 1.82) is 0 Å². The van der Waals surface area contributed by atoms with Gasteiger partial charge in [-0.05, 0) is 36.4 Å². The number of carbonyl (C=O) groups is 1. The number of amides is 2. The Morgan fingerprint density at radius 3 is 2.56 bits per heavy atom. The first kappa shape index (κ1) is 22.9. The van der Waals surface area contributed by atoms with Crippen LogP contribution in [0.2, 0.25) is 5.02 Å². The van der Waals surface area contributed by atoms with Gasteiger partial charge >= 0.3 is 6.03 Å². The second kappa shape index (κ2) is 10.1. The van der Waals surface area contributed by atoms with E-state index in [-0.39, 0.29) is 12.2 Å². The van der Waals surface area contributed by atoms with E-state index in [4.69, 9.17) is 25.8 Å². The molecule has 0 radical (unpaired) electrons. The fourth-order valence-corrected chi connectivity index (χ4v) is 3.41. The quantitative estimate of drug-likeness (QED) is 0.401. The molecule has 4 aromatic rings. The fourth-order valence-electron chi connectivity index (χ4n) is 3.25. The van der Waals surface area contributed by atoms with E-state index in [2.05, 4.69) is 15.6 Å². The normalized spacial score (nSPS) is 10.6. The van der Waals surface area contributed by atoms with Crippen molar-refractivity contribution >= 4 is 34.7 Å². The molecule has 0 spiro atoms. The van der Waals surface area contributed by atoms with Crippen molar-refractivity contribution in [2.24, 2.45) is 0 Å². The number of anilines is 2. The molecule has 0 unspecified atom stereocenters. The molecule has 174 valence electrons. The van der Waals surface area contributed by atoms with Crippen molar-refractivity contribution < 1.29 is 19.0 Å². The number of pyridine rings is 1. The van der Waals surface area contributed by atoms with E-state index in [1.54, 1.807) is 54.6 Å². The molecule has 10 heteroatoms. The summed E-state index contributed by atoms with van der Waals surface area (Å²) in [5, 5.41) is 5.94. The van der Waals surface area contributed by atoms with Gasteiger partial charge in [0, 0.05) is 24.0 Å². The Kier molecular flexibility index (Phi) is 6.84. The van der Waals surface area contributed by atoms with Gasteiger partial charge in [-0.2, -0.15) is 0 Å². The van der Waals surface area contributed by atoms with Gasteiger partial charge in [-0.3, -0.25) is 9.20 Å². The number of nitrogens with zero attached hydrogens (tertiary/aromatic N) is 2. The predicted octanol–water partition coefficient (Wildman–Crippen LogP) is 4.59. The highest BCUT2D eigenvalue weighted by Crippen LogP contribution is 2.30. The second-order valence-corrected chi connectivity index (χ2v) is 7.53. The maximum absolute atomic E-state index is 12.6. The van der Waals surface area contributed by atoms with Crippen LogP contribution in [0.25, 0.3) is 5.65 Å². The van der Waals surface area contributed by atoms with Crippen LogP contribution >= 0.6 is 11.6 Å². The molecule has 2 aromatic heterocycles. The number of urea groups is 1. The molecule has 34 heavy (non-hydrogen) atoms. The maximum atomic E-state index is 12.6. The van der Waals surface area contributed by atoms with Gasteiger partial charge < -0.3 is 24.8 Å². The molecule has 2 heterocycles. The number of rotatable bonds is 7. The van der Waals surface area contributed by atoms with Crippen molar-refractivity contribution in [1.82, 2.24) is 9.38 Å². The Balaban J connectivity index is 1.46. The van der Waals surface area contributed by atoms with Gasteiger partial charge in [0.1, 0.15) is 18.0 Å². The highest BCUT2D eigenvalue weighted by Gasteiger charge is 2.11. The monoisotopic (exact) mass is 480 g/mol. The third kappa shape index (κ3) is 5.21. The van der Waals surface area contributed by atoms with E-state index in [0.29, 0.717) is 45.0 Å².